The largest absolute Gasteiger partial charge is 0.338 e. The van der Waals surface area contributed by atoms with Crippen molar-refractivity contribution >= 4 is 11.7 Å². The Bertz CT molecular complexity index is 430. The predicted octanol–water partition coefficient (Wildman–Crippen LogP) is 2.23. The van der Waals surface area contributed by atoms with E-state index in [0.717, 1.165) is 38.2 Å². The Morgan fingerprint density at radius 2 is 1.73 bits per heavy atom. The van der Waals surface area contributed by atoms with Crippen LogP contribution in [0.5, 0.6) is 0 Å². The van der Waals surface area contributed by atoms with Crippen LogP contribution in [0.4, 0.5) is 10.5 Å². The Morgan fingerprint density at radius 1 is 1.05 bits per heavy atom. The molecule has 0 saturated carbocycles. The maximum atomic E-state index is 11.7. The van der Waals surface area contributed by atoms with Gasteiger partial charge in [-0.1, -0.05) is 25.1 Å². The highest BCUT2D eigenvalue weighted by Crippen LogP contribution is 2.05. The highest BCUT2D eigenvalue weighted by Gasteiger charge is 2.14. The minimum Gasteiger partial charge on any atom is -0.338 e. The summed E-state index contributed by atoms with van der Waals surface area (Å²) in [6.45, 7) is 9.98. The highest BCUT2D eigenvalue weighted by molar-refractivity contribution is 5.89. The molecule has 0 aliphatic carbocycles. The van der Waals surface area contributed by atoms with Gasteiger partial charge < -0.3 is 20.4 Å². The van der Waals surface area contributed by atoms with E-state index in [0.29, 0.717) is 0 Å². The summed E-state index contributed by atoms with van der Waals surface area (Å²) in [5, 5.41) is 5.74. The van der Waals surface area contributed by atoms with Crippen molar-refractivity contribution in [3.8, 4) is 0 Å². The Hall–Kier alpha value is -1.59. The van der Waals surface area contributed by atoms with Crippen LogP contribution in [-0.4, -0.2) is 61.6 Å². The molecule has 2 N–H and O–H groups in total. The molecule has 0 bridgehead atoms. The first kappa shape index (κ1) is 16.8. The summed E-state index contributed by atoms with van der Waals surface area (Å²) in [6, 6.07) is 9.40. The second kappa shape index (κ2) is 9.43. The summed E-state index contributed by atoms with van der Waals surface area (Å²) in [6.07, 6.45) is 2.16. The van der Waals surface area contributed by atoms with Crippen molar-refractivity contribution in [3.05, 3.63) is 30.3 Å². The van der Waals surface area contributed by atoms with Gasteiger partial charge in [-0.05, 0) is 38.1 Å². The second-order valence-electron chi connectivity index (χ2n) is 5.73. The van der Waals surface area contributed by atoms with Crippen LogP contribution in [0, 0.1) is 0 Å². The van der Waals surface area contributed by atoms with E-state index in [1.165, 1.54) is 26.2 Å². The molecule has 1 saturated heterocycles. The number of unbranched alkanes of at least 4 members (excludes halogenated alkanes) is 1. The van der Waals surface area contributed by atoms with Gasteiger partial charge in [0.2, 0.25) is 0 Å². The average molecular weight is 304 g/mol. The molecule has 0 spiro atoms. The average Bonchev–Trinajstić information content (AvgIpc) is 2.56. The molecule has 1 heterocycles. The fraction of sp³-hybridized carbons (Fsp3) is 0.588. The zero-order valence-electron chi connectivity index (χ0n) is 13.6. The number of anilines is 1. The topological polar surface area (TPSA) is 47.6 Å². The summed E-state index contributed by atoms with van der Waals surface area (Å²) < 4.78 is 0. The van der Waals surface area contributed by atoms with E-state index in [-0.39, 0.29) is 6.03 Å². The van der Waals surface area contributed by atoms with Crippen LogP contribution >= 0.6 is 0 Å². The lowest BCUT2D eigenvalue weighted by Gasteiger charge is -2.33. The van der Waals surface area contributed by atoms with Crippen molar-refractivity contribution in [2.24, 2.45) is 0 Å². The number of likely N-dealkylation sites (N-methyl/N-ethyl adjacent to an activating group) is 1. The third kappa shape index (κ3) is 6.03. The normalized spacial score (nSPS) is 16.4. The molecule has 1 fully saturated rings. The van der Waals surface area contributed by atoms with Gasteiger partial charge in [0.25, 0.3) is 0 Å². The number of hydrogen-bond acceptors (Lipinski definition) is 3. The van der Waals surface area contributed by atoms with E-state index in [9.17, 15) is 4.79 Å². The van der Waals surface area contributed by atoms with Crippen molar-refractivity contribution < 1.29 is 4.79 Å². The van der Waals surface area contributed by atoms with Crippen LogP contribution in [0.2, 0.25) is 0 Å². The summed E-state index contributed by atoms with van der Waals surface area (Å²) >= 11 is 0. The second-order valence-corrected chi connectivity index (χ2v) is 5.73. The van der Waals surface area contributed by atoms with Crippen molar-refractivity contribution in [1.82, 2.24) is 15.1 Å². The fourth-order valence-corrected chi connectivity index (χ4v) is 2.69. The molecular weight excluding hydrogens is 276 g/mol. The quantitative estimate of drug-likeness (QED) is 0.760. The number of rotatable bonds is 7. The van der Waals surface area contributed by atoms with Gasteiger partial charge in [-0.2, -0.15) is 0 Å². The van der Waals surface area contributed by atoms with Gasteiger partial charge in [0, 0.05) is 38.4 Å². The molecule has 1 aliphatic heterocycles. The molecule has 0 unspecified atom stereocenters. The highest BCUT2D eigenvalue weighted by atomic mass is 16.2. The Labute approximate surface area is 133 Å². The van der Waals surface area contributed by atoms with Crippen LogP contribution in [-0.2, 0) is 0 Å². The maximum Gasteiger partial charge on any atom is 0.319 e. The lowest BCUT2D eigenvalue weighted by molar-refractivity contribution is 0.136. The summed E-state index contributed by atoms with van der Waals surface area (Å²) in [4.78, 5) is 16.7. The molecule has 122 valence electrons. The third-order valence-corrected chi connectivity index (χ3v) is 4.13. The number of nitrogens with zero attached hydrogens (tertiary/aromatic N) is 2. The van der Waals surface area contributed by atoms with E-state index >= 15 is 0 Å². The number of carbonyl (C=O) groups excluding carboxylic acids is 1. The molecule has 0 radical (unpaired) electrons. The molecule has 5 nitrogen and oxygen atoms in total. The SMILES string of the molecule is CCN1CCN(CCCCNC(=O)Nc2ccccc2)CC1. The third-order valence-electron chi connectivity index (χ3n) is 4.13. The van der Waals surface area contributed by atoms with Crippen LogP contribution in [0.1, 0.15) is 19.8 Å². The lowest BCUT2D eigenvalue weighted by atomic mass is 10.2. The zero-order chi connectivity index (χ0) is 15.6. The molecule has 22 heavy (non-hydrogen) atoms. The summed E-state index contributed by atoms with van der Waals surface area (Å²) in [5.74, 6) is 0. The number of amides is 2. The first-order valence-corrected chi connectivity index (χ1v) is 8.32. The van der Waals surface area contributed by atoms with Gasteiger partial charge >= 0.3 is 6.03 Å². The standard InChI is InChI=1S/C17H28N4O/c1-2-20-12-14-21(15-13-20)11-7-6-10-18-17(22)19-16-8-4-3-5-9-16/h3-5,8-9H,2,6-7,10-15H2,1H3,(H2,18,19,22). The van der Waals surface area contributed by atoms with Crippen molar-refractivity contribution in [1.29, 1.82) is 0 Å². The van der Waals surface area contributed by atoms with Gasteiger partial charge in [-0.15, -0.1) is 0 Å². The van der Waals surface area contributed by atoms with E-state index < -0.39 is 0 Å². The van der Waals surface area contributed by atoms with Crippen LogP contribution in [0.15, 0.2) is 30.3 Å². The number of piperazine rings is 1. The van der Waals surface area contributed by atoms with Gasteiger partial charge in [0.1, 0.15) is 0 Å². The minimum absolute atomic E-state index is 0.122. The minimum atomic E-state index is -0.122. The summed E-state index contributed by atoms with van der Waals surface area (Å²) in [7, 11) is 0. The molecule has 0 aromatic heterocycles. The van der Waals surface area contributed by atoms with E-state index in [1.807, 2.05) is 30.3 Å². The number of urea groups is 1. The monoisotopic (exact) mass is 304 g/mol. The fourth-order valence-electron chi connectivity index (χ4n) is 2.69. The molecule has 0 atom stereocenters. The Morgan fingerprint density at radius 3 is 2.41 bits per heavy atom. The molecule has 5 heteroatoms. The molecular formula is C17H28N4O. The molecule has 1 aromatic rings. The van der Waals surface area contributed by atoms with Gasteiger partial charge in [0.05, 0.1) is 0 Å². The molecule has 1 aliphatic rings. The Kier molecular flexibility index (Phi) is 7.19. The Balaban J connectivity index is 1.50. The van der Waals surface area contributed by atoms with Crippen LogP contribution < -0.4 is 10.6 Å². The van der Waals surface area contributed by atoms with Crippen LogP contribution in [0.25, 0.3) is 0 Å². The van der Waals surface area contributed by atoms with E-state index in [2.05, 4.69) is 27.4 Å². The van der Waals surface area contributed by atoms with E-state index in [1.54, 1.807) is 0 Å². The number of benzene rings is 1. The molecule has 2 amide bonds. The molecule has 2 rings (SSSR count). The first-order valence-electron chi connectivity index (χ1n) is 8.32. The lowest BCUT2D eigenvalue weighted by Crippen LogP contribution is -2.46. The zero-order valence-corrected chi connectivity index (χ0v) is 13.6. The first-order chi connectivity index (χ1) is 10.8. The number of hydrogen-bond donors (Lipinski definition) is 2. The number of carbonyl (C=O) groups is 1. The van der Waals surface area contributed by atoms with Crippen molar-refractivity contribution in [2.45, 2.75) is 19.8 Å². The smallest absolute Gasteiger partial charge is 0.319 e. The predicted molar refractivity (Wildman–Crippen MR) is 91.3 cm³/mol. The van der Waals surface area contributed by atoms with Crippen LogP contribution in [0.3, 0.4) is 0 Å². The van der Waals surface area contributed by atoms with Gasteiger partial charge in [-0.25, -0.2) is 4.79 Å². The van der Waals surface area contributed by atoms with E-state index in [4.69, 9.17) is 0 Å². The maximum absolute atomic E-state index is 11.7. The summed E-state index contributed by atoms with van der Waals surface area (Å²) in [5.41, 5.74) is 0.828. The van der Waals surface area contributed by atoms with Gasteiger partial charge in [0.15, 0.2) is 0 Å². The number of nitrogens with one attached hydrogen (secondary N) is 2. The van der Waals surface area contributed by atoms with Crippen molar-refractivity contribution in [2.75, 3.05) is 51.1 Å². The molecule has 1 aromatic carbocycles. The van der Waals surface area contributed by atoms with Crippen molar-refractivity contribution in [3.63, 3.8) is 0 Å². The number of para-hydroxylation sites is 1. The van der Waals surface area contributed by atoms with Gasteiger partial charge in [-0.3, -0.25) is 0 Å².